The molecule has 8 heteroatoms. The van der Waals surface area contributed by atoms with Gasteiger partial charge in [-0.25, -0.2) is 8.42 Å². The van der Waals surface area contributed by atoms with E-state index in [1.807, 2.05) is 0 Å². The molecule has 0 aliphatic carbocycles. The van der Waals surface area contributed by atoms with E-state index in [4.69, 9.17) is 16.3 Å². The van der Waals surface area contributed by atoms with Gasteiger partial charge in [0.25, 0.3) is 0 Å². The summed E-state index contributed by atoms with van der Waals surface area (Å²) in [6.07, 6.45) is 1.11. The molecule has 1 atom stereocenters. The number of anilines is 1. The van der Waals surface area contributed by atoms with Crippen molar-refractivity contribution in [1.29, 1.82) is 0 Å². The van der Waals surface area contributed by atoms with Crippen LogP contribution in [-0.4, -0.2) is 38.3 Å². The van der Waals surface area contributed by atoms with Gasteiger partial charge in [0.15, 0.2) is 0 Å². The molecule has 0 radical (unpaired) electrons. The summed E-state index contributed by atoms with van der Waals surface area (Å²) in [4.78, 5) is 12.9. The molecular weight excluding hydrogens is 376 g/mol. The average molecular weight is 395 g/mol. The highest BCUT2D eigenvalue weighted by Crippen LogP contribution is 2.29. The highest BCUT2D eigenvalue weighted by molar-refractivity contribution is 7.89. The van der Waals surface area contributed by atoms with Gasteiger partial charge in [-0.1, -0.05) is 29.8 Å². The monoisotopic (exact) mass is 394 g/mol. The van der Waals surface area contributed by atoms with Crippen molar-refractivity contribution in [1.82, 2.24) is 4.31 Å². The van der Waals surface area contributed by atoms with Gasteiger partial charge in [-0.05, 0) is 43.2 Å². The van der Waals surface area contributed by atoms with Crippen LogP contribution in [0, 0.1) is 0 Å². The maximum atomic E-state index is 12.8. The van der Waals surface area contributed by atoms with Crippen LogP contribution in [0.5, 0.6) is 5.75 Å². The quantitative estimate of drug-likeness (QED) is 0.845. The zero-order valence-corrected chi connectivity index (χ0v) is 15.8. The van der Waals surface area contributed by atoms with Crippen molar-refractivity contribution in [2.45, 2.75) is 23.8 Å². The predicted molar refractivity (Wildman–Crippen MR) is 100.0 cm³/mol. The van der Waals surface area contributed by atoms with Crippen molar-refractivity contribution in [3.05, 3.63) is 53.6 Å². The van der Waals surface area contributed by atoms with Crippen LogP contribution >= 0.6 is 11.6 Å². The summed E-state index contributed by atoms with van der Waals surface area (Å²) >= 11 is 6.07. The number of hydrogen-bond donors (Lipinski definition) is 1. The fourth-order valence-electron chi connectivity index (χ4n) is 2.99. The van der Waals surface area contributed by atoms with Crippen molar-refractivity contribution in [3.63, 3.8) is 0 Å². The van der Waals surface area contributed by atoms with E-state index in [1.54, 1.807) is 36.4 Å². The number of amides is 1. The molecule has 1 N–H and O–H groups in total. The lowest BCUT2D eigenvalue weighted by Crippen LogP contribution is -2.43. The predicted octanol–water partition coefficient (Wildman–Crippen LogP) is 3.14. The van der Waals surface area contributed by atoms with Crippen LogP contribution in [0.3, 0.4) is 0 Å². The van der Waals surface area contributed by atoms with E-state index < -0.39 is 16.1 Å². The maximum absolute atomic E-state index is 12.8. The Labute approximate surface area is 157 Å². The van der Waals surface area contributed by atoms with Gasteiger partial charge in [0, 0.05) is 12.2 Å². The van der Waals surface area contributed by atoms with Crippen LogP contribution in [-0.2, 0) is 14.8 Å². The highest BCUT2D eigenvalue weighted by Gasteiger charge is 2.39. The standard InChI is InChI=1S/C18H19ClN2O4S/c1-25-17-10-9-13(12-15(17)19)20-18(22)16-8-5-11-21(16)26(23,24)14-6-3-2-4-7-14/h2-4,6-7,9-10,12,16H,5,8,11H2,1H3,(H,20,22). The minimum absolute atomic E-state index is 0.187. The molecule has 1 aliphatic heterocycles. The zero-order chi connectivity index (χ0) is 18.7. The van der Waals surface area contributed by atoms with Crippen molar-refractivity contribution >= 4 is 33.2 Å². The molecule has 0 aromatic heterocycles. The van der Waals surface area contributed by atoms with Crippen LogP contribution in [0.25, 0.3) is 0 Å². The second-order valence-electron chi connectivity index (χ2n) is 5.93. The molecule has 0 saturated carbocycles. The van der Waals surface area contributed by atoms with Crippen LogP contribution < -0.4 is 10.1 Å². The lowest BCUT2D eigenvalue weighted by molar-refractivity contribution is -0.119. The molecule has 3 rings (SSSR count). The van der Waals surface area contributed by atoms with Crippen LogP contribution in [0.15, 0.2) is 53.4 Å². The lowest BCUT2D eigenvalue weighted by Gasteiger charge is -2.23. The van der Waals surface area contributed by atoms with Crippen molar-refractivity contribution in [2.75, 3.05) is 19.0 Å². The molecule has 26 heavy (non-hydrogen) atoms. The SMILES string of the molecule is COc1ccc(NC(=O)C2CCCN2S(=O)(=O)c2ccccc2)cc1Cl. The van der Waals surface area contributed by atoms with E-state index in [0.29, 0.717) is 35.8 Å². The average Bonchev–Trinajstić information content (AvgIpc) is 3.13. The highest BCUT2D eigenvalue weighted by atomic mass is 35.5. The first-order valence-corrected chi connectivity index (χ1v) is 9.96. The first kappa shape index (κ1) is 18.7. The maximum Gasteiger partial charge on any atom is 0.243 e. The fraction of sp³-hybridized carbons (Fsp3) is 0.278. The number of ether oxygens (including phenoxy) is 1. The minimum Gasteiger partial charge on any atom is -0.495 e. The Bertz CT molecular complexity index is 903. The van der Waals surface area contributed by atoms with Gasteiger partial charge >= 0.3 is 0 Å². The third-order valence-corrected chi connectivity index (χ3v) is 6.49. The molecular formula is C18H19ClN2O4S. The molecule has 1 aliphatic rings. The van der Waals surface area contributed by atoms with Crippen molar-refractivity contribution in [3.8, 4) is 5.75 Å². The summed E-state index contributed by atoms with van der Waals surface area (Å²) in [7, 11) is -2.21. The Balaban J connectivity index is 1.80. The Hall–Kier alpha value is -2.09. The normalized spacial score (nSPS) is 17.8. The summed E-state index contributed by atoms with van der Waals surface area (Å²) in [6, 6.07) is 12.3. The van der Waals surface area contributed by atoms with E-state index >= 15 is 0 Å². The van der Waals surface area contributed by atoms with Crippen LogP contribution in [0.1, 0.15) is 12.8 Å². The molecule has 2 aromatic rings. The number of carbonyl (C=O) groups excluding carboxylic acids is 1. The van der Waals surface area contributed by atoms with E-state index in [-0.39, 0.29) is 10.8 Å². The summed E-state index contributed by atoms with van der Waals surface area (Å²) in [5, 5.41) is 3.11. The number of rotatable bonds is 5. The summed E-state index contributed by atoms with van der Waals surface area (Å²) < 4.78 is 32.0. The molecule has 1 amide bonds. The third-order valence-electron chi connectivity index (χ3n) is 4.28. The molecule has 1 unspecified atom stereocenters. The van der Waals surface area contributed by atoms with Gasteiger partial charge < -0.3 is 10.1 Å². The van der Waals surface area contributed by atoms with Crippen LogP contribution in [0.2, 0.25) is 5.02 Å². The number of nitrogens with zero attached hydrogens (tertiary/aromatic N) is 1. The number of sulfonamides is 1. The van der Waals surface area contributed by atoms with E-state index in [1.165, 1.54) is 23.5 Å². The van der Waals surface area contributed by atoms with Gasteiger partial charge in [-0.2, -0.15) is 4.31 Å². The van der Waals surface area contributed by atoms with Crippen LogP contribution in [0.4, 0.5) is 5.69 Å². The van der Waals surface area contributed by atoms with Crippen molar-refractivity contribution < 1.29 is 17.9 Å². The van der Waals surface area contributed by atoms with Gasteiger partial charge in [-0.3, -0.25) is 4.79 Å². The largest absolute Gasteiger partial charge is 0.495 e. The molecule has 1 saturated heterocycles. The molecule has 1 heterocycles. The van der Waals surface area contributed by atoms with Gasteiger partial charge in [0.2, 0.25) is 15.9 Å². The third kappa shape index (κ3) is 3.70. The Morgan fingerprint density at radius 3 is 2.62 bits per heavy atom. The van der Waals surface area contributed by atoms with Crippen molar-refractivity contribution in [2.24, 2.45) is 0 Å². The number of halogens is 1. The number of hydrogen-bond acceptors (Lipinski definition) is 4. The Morgan fingerprint density at radius 2 is 1.96 bits per heavy atom. The second-order valence-corrected chi connectivity index (χ2v) is 8.22. The smallest absolute Gasteiger partial charge is 0.243 e. The number of carbonyl (C=O) groups is 1. The van der Waals surface area contributed by atoms with E-state index in [2.05, 4.69) is 5.32 Å². The van der Waals surface area contributed by atoms with Gasteiger partial charge in [-0.15, -0.1) is 0 Å². The second kappa shape index (κ2) is 7.65. The lowest BCUT2D eigenvalue weighted by atomic mass is 10.2. The molecule has 1 fully saturated rings. The molecule has 0 bridgehead atoms. The van der Waals surface area contributed by atoms with Gasteiger partial charge in [0.1, 0.15) is 11.8 Å². The summed E-state index contributed by atoms with van der Waals surface area (Å²) in [5.74, 6) is 0.127. The summed E-state index contributed by atoms with van der Waals surface area (Å²) in [6.45, 7) is 0.318. The Kier molecular flexibility index (Phi) is 5.50. The molecule has 2 aromatic carbocycles. The van der Waals surface area contributed by atoms with Gasteiger partial charge in [0.05, 0.1) is 17.0 Å². The molecule has 6 nitrogen and oxygen atoms in total. The first-order chi connectivity index (χ1) is 12.4. The minimum atomic E-state index is -3.72. The zero-order valence-electron chi connectivity index (χ0n) is 14.2. The number of nitrogens with one attached hydrogen (secondary N) is 1. The van der Waals surface area contributed by atoms with E-state index in [9.17, 15) is 13.2 Å². The number of benzene rings is 2. The summed E-state index contributed by atoms with van der Waals surface area (Å²) in [5.41, 5.74) is 0.491. The number of methoxy groups -OCH3 is 1. The molecule has 0 spiro atoms. The topological polar surface area (TPSA) is 75.7 Å². The first-order valence-electron chi connectivity index (χ1n) is 8.15. The van der Waals surface area contributed by atoms with E-state index in [0.717, 1.165) is 0 Å². The Morgan fingerprint density at radius 1 is 1.23 bits per heavy atom. The molecule has 138 valence electrons. The fourth-order valence-corrected chi connectivity index (χ4v) is 4.92.